The quantitative estimate of drug-likeness (QED) is 0.808. The normalized spacial score (nSPS) is 17.1. The predicted octanol–water partition coefficient (Wildman–Crippen LogP) is 2.92. The van der Waals surface area contributed by atoms with Gasteiger partial charge in [-0.05, 0) is 44.3 Å². The van der Waals surface area contributed by atoms with Crippen molar-refractivity contribution in [1.29, 1.82) is 0 Å². The molecule has 28 heavy (non-hydrogen) atoms. The van der Waals surface area contributed by atoms with E-state index in [1.807, 2.05) is 0 Å². The van der Waals surface area contributed by atoms with E-state index in [1.165, 1.54) is 36.5 Å². The lowest BCUT2D eigenvalue weighted by molar-refractivity contribution is -0.137. The highest BCUT2D eigenvalue weighted by molar-refractivity contribution is 7.89. The average Bonchev–Trinajstić information content (AvgIpc) is 2.93. The van der Waals surface area contributed by atoms with Gasteiger partial charge in [-0.25, -0.2) is 18.2 Å². The van der Waals surface area contributed by atoms with Crippen molar-refractivity contribution in [3.63, 3.8) is 0 Å². The fourth-order valence-corrected chi connectivity index (χ4v) is 4.01. The summed E-state index contributed by atoms with van der Waals surface area (Å²) in [7, 11) is -0.936. The third-order valence-corrected chi connectivity index (χ3v) is 5.84. The van der Waals surface area contributed by atoms with E-state index in [4.69, 9.17) is 4.84 Å². The minimum Gasteiger partial charge on any atom is -0.346 e. The SMILES string of the molecule is CCON1c2cc(C(F)(F)F)ccc2N(C)C1c1ncccc1S(=O)(=O)NC. The van der Waals surface area contributed by atoms with E-state index in [9.17, 15) is 21.6 Å². The molecule has 1 atom stereocenters. The van der Waals surface area contributed by atoms with E-state index in [0.717, 1.165) is 12.1 Å². The van der Waals surface area contributed by atoms with Crippen molar-refractivity contribution >= 4 is 21.4 Å². The number of alkyl halides is 3. The zero-order valence-electron chi connectivity index (χ0n) is 15.4. The number of pyridine rings is 1. The molecule has 11 heteroatoms. The molecule has 0 saturated heterocycles. The lowest BCUT2D eigenvalue weighted by atomic mass is 10.1. The molecule has 0 fully saturated rings. The van der Waals surface area contributed by atoms with Crippen LogP contribution in [0.25, 0.3) is 0 Å². The van der Waals surface area contributed by atoms with Crippen LogP contribution in [0.4, 0.5) is 24.5 Å². The molecule has 0 aliphatic carbocycles. The highest BCUT2D eigenvalue weighted by atomic mass is 32.2. The van der Waals surface area contributed by atoms with Gasteiger partial charge < -0.3 is 4.90 Å². The molecule has 0 amide bonds. The second-order valence-electron chi connectivity index (χ2n) is 6.02. The minimum absolute atomic E-state index is 0.0806. The number of hydrogen-bond acceptors (Lipinski definition) is 6. The van der Waals surface area contributed by atoms with Crippen LogP contribution in [-0.4, -0.2) is 34.1 Å². The van der Waals surface area contributed by atoms with Gasteiger partial charge in [-0.2, -0.15) is 13.2 Å². The Hall–Kier alpha value is -2.37. The first kappa shape index (κ1) is 20.4. The fraction of sp³-hybridized carbons (Fsp3) is 0.353. The number of hydroxylamine groups is 1. The van der Waals surface area contributed by atoms with E-state index in [1.54, 1.807) is 18.9 Å². The van der Waals surface area contributed by atoms with Gasteiger partial charge in [-0.3, -0.25) is 9.82 Å². The Kier molecular flexibility index (Phi) is 5.26. The van der Waals surface area contributed by atoms with Gasteiger partial charge in [0.1, 0.15) is 10.6 Å². The maximum atomic E-state index is 13.2. The van der Waals surface area contributed by atoms with Gasteiger partial charge in [0.15, 0.2) is 6.17 Å². The van der Waals surface area contributed by atoms with Crippen LogP contribution in [0.1, 0.15) is 24.3 Å². The molecule has 1 aliphatic heterocycles. The van der Waals surface area contributed by atoms with Gasteiger partial charge in [0.25, 0.3) is 0 Å². The standard InChI is InChI=1S/C17H19F3N4O3S/c1-4-27-24-13-10-11(17(18,19)20)7-8-12(13)23(3)16(24)15-14(6-5-9-22-15)28(25,26)21-2/h5-10,16,21H,4H2,1-3H3. The Labute approximate surface area is 160 Å². The van der Waals surface area contributed by atoms with Gasteiger partial charge in [0, 0.05) is 13.2 Å². The molecule has 0 bridgehead atoms. The molecular formula is C17H19F3N4O3S. The first-order valence-electron chi connectivity index (χ1n) is 8.36. The van der Waals surface area contributed by atoms with Gasteiger partial charge in [0.05, 0.1) is 23.5 Å². The maximum absolute atomic E-state index is 13.2. The van der Waals surface area contributed by atoms with Crippen molar-refractivity contribution in [2.45, 2.75) is 24.2 Å². The Morgan fingerprint density at radius 3 is 2.57 bits per heavy atom. The summed E-state index contributed by atoms with van der Waals surface area (Å²) in [6.45, 7) is 1.85. The number of halogens is 3. The molecule has 3 rings (SSSR count). The van der Waals surface area contributed by atoms with Gasteiger partial charge in [-0.15, -0.1) is 0 Å². The third kappa shape index (κ3) is 3.40. The number of nitrogens with one attached hydrogen (secondary N) is 1. The molecule has 0 spiro atoms. The van der Waals surface area contributed by atoms with Crippen LogP contribution in [0.3, 0.4) is 0 Å². The molecule has 0 saturated carbocycles. The van der Waals surface area contributed by atoms with Gasteiger partial charge >= 0.3 is 6.18 Å². The topological polar surface area (TPSA) is 74.8 Å². The number of aromatic nitrogens is 1. The number of anilines is 2. The summed E-state index contributed by atoms with van der Waals surface area (Å²) in [5.74, 6) is 0. The summed E-state index contributed by atoms with van der Waals surface area (Å²) in [6, 6.07) is 6.15. The Bertz CT molecular complexity index is 982. The Balaban J connectivity index is 2.18. The first-order chi connectivity index (χ1) is 13.1. The van der Waals surface area contributed by atoms with Gasteiger partial charge in [-0.1, -0.05) is 0 Å². The molecule has 7 nitrogen and oxygen atoms in total. The molecule has 2 heterocycles. The fourth-order valence-electron chi connectivity index (χ4n) is 3.10. The second kappa shape index (κ2) is 7.22. The lowest BCUT2D eigenvalue weighted by Gasteiger charge is -2.30. The number of sulfonamides is 1. The molecule has 1 N–H and O–H groups in total. The van der Waals surface area contributed by atoms with Crippen molar-refractivity contribution in [2.24, 2.45) is 0 Å². The lowest BCUT2D eigenvalue weighted by Crippen LogP contribution is -2.36. The van der Waals surface area contributed by atoms with Crippen LogP contribution < -0.4 is 14.7 Å². The number of rotatable bonds is 5. The van der Waals surface area contributed by atoms with E-state index < -0.39 is 27.9 Å². The summed E-state index contributed by atoms with van der Waals surface area (Å²) in [4.78, 5) is 11.4. The summed E-state index contributed by atoms with van der Waals surface area (Å²) >= 11 is 0. The van der Waals surface area contributed by atoms with Crippen LogP contribution in [0.5, 0.6) is 0 Å². The summed E-state index contributed by atoms with van der Waals surface area (Å²) in [6.07, 6.45) is -3.96. The number of benzene rings is 1. The highest BCUT2D eigenvalue weighted by Crippen LogP contribution is 2.48. The zero-order chi connectivity index (χ0) is 20.7. The monoisotopic (exact) mass is 416 g/mol. The minimum atomic E-state index is -4.52. The van der Waals surface area contributed by atoms with Crippen LogP contribution in [-0.2, 0) is 21.0 Å². The molecule has 1 aromatic heterocycles. The summed E-state index contributed by atoms with van der Waals surface area (Å²) in [5, 5.41) is 1.27. The third-order valence-electron chi connectivity index (χ3n) is 4.38. The molecule has 0 radical (unpaired) electrons. The van der Waals surface area contributed by atoms with Crippen molar-refractivity contribution in [2.75, 3.05) is 30.7 Å². The van der Waals surface area contributed by atoms with Crippen molar-refractivity contribution < 1.29 is 26.4 Å². The van der Waals surface area contributed by atoms with Gasteiger partial charge in [0.2, 0.25) is 10.0 Å². The molecule has 2 aromatic rings. The largest absolute Gasteiger partial charge is 0.416 e. The van der Waals surface area contributed by atoms with Crippen LogP contribution in [0.2, 0.25) is 0 Å². The van der Waals surface area contributed by atoms with Crippen LogP contribution in [0.15, 0.2) is 41.4 Å². The van der Waals surface area contributed by atoms with E-state index in [0.29, 0.717) is 5.69 Å². The number of fused-ring (bicyclic) bond motifs is 1. The Morgan fingerprint density at radius 2 is 1.96 bits per heavy atom. The summed E-state index contributed by atoms with van der Waals surface area (Å²) < 4.78 is 66.6. The molecule has 152 valence electrons. The Morgan fingerprint density at radius 1 is 1.25 bits per heavy atom. The van der Waals surface area contributed by atoms with E-state index >= 15 is 0 Å². The second-order valence-corrected chi connectivity index (χ2v) is 7.88. The smallest absolute Gasteiger partial charge is 0.346 e. The van der Waals surface area contributed by atoms with Crippen LogP contribution >= 0.6 is 0 Å². The molecular weight excluding hydrogens is 397 g/mol. The number of nitrogens with zero attached hydrogens (tertiary/aromatic N) is 3. The summed E-state index contributed by atoms with van der Waals surface area (Å²) in [5.41, 5.74) is -0.0424. The van der Waals surface area contributed by atoms with Crippen LogP contribution in [0, 0.1) is 0 Å². The maximum Gasteiger partial charge on any atom is 0.416 e. The number of hydrogen-bond donors (Lipinski definition) is 1. The molecule has 1 aliphatic rings. The van der Waals surface area contributed by atoms with Crippen molar-refractivity contribution in [3.05, 3.63) is 47.8 Å². The van der Waals surface area contributed by atoms with Crippen molar-refractivity contribution in [1.82, 2.24) is 9.71 Å². The molecule has 1 aromatic carbocycles. The molecule has 1 unspecified atom stereocenters. The highest BCUT2D eigenvalue weighted by Gasteiger charge is 2.41. The van der Waals surface area contributed by atoms with Crippen molar-refractivity contribution in [3.8, 4) is 0 Å². The van der Waals surface area contributed by atoms with E-state index in [-0.39, 0.29) is 22.9 Å². The zero-order valence-corrected chi connectivity index (χ0v) is 16.2. The predicted molar refractivity (Wildman–Crippen MR) is 97.2 cm³/mol. The first-order valence-corrected chi connectivity index (χ1v) is 9.84. The average molecular weight is 416 g/mol. The van der Waals surface area contributed by atoms with E-state index in [2.05, 4.69) is 9.71 Å².